The minimum absolute atomic E-state index is 0.250. The zero-order chi connectivity index (χ0) is 21.5. The Labute approximate surface area is 179 Å². The molecule has 30 heavy (non-hydrogen) atoms. The van der Waals surface area contributed by atoms with Gasteiger partial charge in [0.25, 0.3) is 6.47 Å². The Morgan fingerprint density at radius 3 is 2.60 bits per heavy atom. The van der Waals surface area contributed by atoms with Gasteiger partial charge < -0.3 is 20.0 Å². The molecule has 3 saturated heterocycles. The Morgan fingerprint density at radius 2 is 1.90 bits per heavy atom. The van der Waals surface area contributed by atoms with E-state index in [2.05, 4.69) is 16.7 Å². The van der Waals surface area contributed by atoms with E-state index >= 15 is 0 Å². The van der Waals surface area contributed by atoms with Crippen LogP contribution in [0, 0.1) is 11.8 Å². The lowest BCUT2D eigenvalue weighted by molar-refractivity contribution is -0.153. The Hall–Kier alpha value is -1.92. The van der Waals surface area contributed by atoms with Crippen molar-refractivity contribution in [1.29, 1.82) is 0 Å². The molecule has 2 N–H and O–H groups in total. The molecule has 0 aliphatic carbocycles. The van der Waals surface area contributed by atoms with Crippen LogP contribution in [0.3, 0.4) is 0 Å². The number of carbonyl (C=O) groups is 2. The SMILES string of the molecule is CCC[C@H]1[C@H]2C[C@H](CN(CC[C@@H](O)c3ccccc3)C2)[C@@H]2CCCC(=O)N21.O=CO. The quantitative estimate of drug-likeness (QED) is 0.696. The largest absolute Gasteiger partial charge is 0.483 e. The van der Waals surface area contributed by atoms with E-state index in [1.165, 1.54) is 12.8 Å². The van der Waals surface area contributed by atoms with E-state index in [1.54, 1.807) is 0 Å². The Bertz CT molecular complexity index is 683. The van der Waals surface area contributed by atoms with Gasteiger partial charge in [0.2, 0.25) is 5.91 Å². The van der Waals surface area contributed by atoms with Crippen LogP contribution in [-0.4, -0.2) is 64.1 Å². The summed E-state index contributed by atoms with van der Waals surface area (Å²) in [6.45, 7) is 5.11. The van der Waals surface area contributed by atoms with Crippen molar-refractivity contribution >= 4 is 12.4 Å². The third kappa shape index (κ3) is 5.22. The third-order valence-corrected chi connectivity index (χ3v) is 7.06. The molecule has 0 saturated carbocycles. The van der Waals surface area contributed by atoms with E-state index in [9.17, 15) is 9.90 Å². The van der Waals surface area contributed by atoms with E-state index in [0.717, 1.165) is 57.3 Å². The Kier molecular flexibility index (Phi) is 8.28. The second-order valence-corrected chi connectivity index (χ2v) is 8.95. The number of amides is 1. The molecule has 0 unspecified atom stereocenters. The molecular weight excluding hydrogens is 380 g/mol. The molecule has 2 bridgehead atoms. The molecule has 3 aliphatic rings. The van der Waals surface area contributed by atoms with Crippen LogP contribution in [0.2, 0.25) is 0 Å². The van der Waals surface area contributed by atoms with Crippen molar-refractivity contribution in [1.82, 2.24) is 9.80 Å². The van der Waals surface area contributed by atoms with Crippen LogP contribution in [0.1, 0.15) is 63.5 Å². The monoisotopic (exact) mass is 416 g/mol. The molecule has 1 aromatic carbocycles. The summed E-state index contributed by atoms with van der Waals surface area (Å²) in [5, 5.41) is 17.4. The lowest BCUT2D eigenvalue weighted by Crippen LogP contribution is -2.65. The van der Waals surface area contributed by atoms with Gasteiger partial charge in [0, 0.05) is 38.1 Å². The van der Waals surface area contributed by atoms with Gasteiger partial charge in [-0.2, -0.15) is 0 Å². The number of hydrogen-bond acceptors (Lipinski definition) is 4. The lowest BCUT2D eigenvalue weighted by atomic mass is 9.71. The Balaban J connectivity index is 0.000000806. The minimum atomic E-state index is -0.382. The van der Waals surface area contributed by atoms with Crippen LogP contribution in [0.15, 0.2) is 30.3 Å². The van der Waals surface area contributed by atoms with Gasteiger partial charge in [-0.25, -0.2) is 0 Å². The highest BCUT2D eigenvalue weighted by Crippen LogP contribution is 2.43. The maximum atomic E-state index is 12.7. The predicted octanol–water partition coefficient (Wildman–Crippen LogP) is 3.31. The molecule has 0 aromatic heterocycles. The highest BCUT2D eigenvalue weighted by Gasteiger charge is 2.48. The fourth-order valence-corrected chi connectivity index (χ4v) is 5.87. The molecular formula is C24H36N2O4. The van der Waals surface area contributed by atoms with Crippen LogP contribution in [0.25, 0.3) is 0 Å². The van der Waals surface area contributed by atoms with E-state index in [0.29, 0.717) is 29.8 Å². The number of aliphatic hydroxyl groups is 1. The smallest absolute Gasteiger partial charge is 0.290 e. The average Bonchev–Trinajstić information content (AvgIpc) is 2.76. The molecule has 5 atom stereocenters. The van der Waals surface area contributed by atoms with E-state index < -0.39 is 0 Å². The maximum absolute atomic E-state index is 12.7. The number of fused-ring (bicyclic) bond motifs is 4. The number of aliphatic hydroxyl groups excluding tert-OH is 1. The van der Waals surface area contributed by atoms with Gasteiger partial charge in [0.05, 0.1) is 6.10 Å². The first-order valence-electron chi connectivity index (χ1n) is 11.4. The van der Waals surface area contributed by atoms with Crippen molar-refractivity contribution in [3.63, 3.8) is 0 Å². The lowest BCUT2D eigenvalue weighted by Gasteiger charge is -2.57. The second-order valence-electron chi connectivity index (χ2n) is 8.95. The molecule has 1 amide bonds. The topological polar surface area (TPSA) is 81.1 Å². The Morgan fingerprint density at radius 1 is 1.20 bits per heavy atom. The van der Waals surface area contributed by atoms with Gasteiger partial charge >= 0.3 is 0 Å². The van der Waals surface area contributed by atoms with Crippen LogP contribution >= 0.6 is 0 Å². The predicted molar refractivity (Wildman–Crippen MR) is 116 cm³/mol. The van der Waals surface area contributed by atoms with Crippen LogP contribution in [-0.2, 0) is 9.59 Å². The van der Waals surface area contributed by atoms with Crippen molar-refractivity contribution in [3.8, 4) is 0 Å². The van der Waals surface area contributed by atoms with Crippen molar-refractivity contribution in [2.24, 2.45) is 11.8 Å². The molecule has 6 nitrogen and oxygen atoms in total. The summed E-state index contributed by atoms with van der Waals surface area (Å²) in [6.07, 6.45) is 6.98. The average molecular weight is 417 g/mol. The van der Waals surface area contributed by atoms with Gasteiger partial charge in [-0.3, -0.25) is 9.59 Å². The molecule has 3 heterocycles. The molecule has 0 radical (unpaired) electrons. The zero-order valence-corrected chi connectivity index (χ0v) is 18.0. The highest BCUT2D eigenvalue weighted by molar-refractivity contribution is 5.78. The minimum Gasteiger partial charge on any atom is -0.483 e. The zero-order valence-electron chi connectivity index (χ0n) is 18.0. The van der Waals surface area contributed by atoms with Crippen molar-refractivity contribution in [2.45, 2.75) is 70.1 Å². The molecule has 6 heteroatoms. The van der Waals surface area contributed by atoms with Crippen LogP contribution in [0.4, 0.5) is 0 Å². The number of nitrogens with zero attached hydrogens (tertiary/aromatic N) is 2. The second kappa shape index (κ2) is 10.9. The summed E-state index contributed by atoms with van der Waals surface area (Å²) in [5.74, 6) is 1.64. The van der Waals surface area contributed by atoms with E-state index in [1.807, 2.05) is 30.3 Å². The molecule has 0 spiro atoms. The number of likely N-dealkylation sites (tertiary alicyclic amines) is 1. The highest BCUT2D eigenvalue weighted by atomic mass is 16.3. The van der Waals surface area contributed by atoms with Crippen molar-refractivity contribution < 1.29 is 19.8 Å². The van der Waals surface area contributed by atoms with Crippen LogP contribution < -0.4 is 0 Å². The molecule has 3 fully saturated rings. The summed E-state index contributed by atoms with van der Waals surface area (Å²) < 4.78 is 0. The molecule has 1 aromatic rings. The number of piperidine rings is 3. The van der Waals surface area contributed by atoms with E-state index in [4.69, 9.17) is 9.90 Å². The number of benzene rings is 1. The molecule has 166 valence electrons. The van der Waals surface area contributed by atoms with Gasteiger partial charge in [0.1, 0.15) is 0 Å². The number of carboxylic acid groups (broad SMARTS) is 1. The summed E-state index contributed by atoms with van der Waals surface area (Å²) in [6, 6.07) is 10.9. The third-order valence-electron chi connectivity index (χ3n) is 7.06. The summed E-state index contributed by atoms with van der Waals surface area (Å²) in [7, 11) is 0. The summed E-state index contributed by atoms with van der Waals surface area (Å²) >= 11 is 0. The fraction of sp³-hybridized carbons (Fsp3) is 0.667. The first kappa shape index (κ1) is 22.8. The first-order chi connectivity index (χ1) is 14.6. The summed E-state index contributed by atoms with van der Waals surface area (Å²) in [4.78, 5) is 25.9. The van der Waals surface area contributed by atoms with Crippen molar-refractivity contribution in [2.75, 3.05) is 19.6 Å². The fourth-order valence-electron chi connectivity index (χ4n) is 5.87. The van der Waals surface area contributed by atoms with E-state index in [-0.39, 0.29) is 12.6 Å². The normalized spacial score (nSPS) is 29.4. The number of rotatable bonds is 6. The van der Waals surface area contributed by atoms with Crippen molar-refractivity contribution in [3.05, 3.63) is 35.9 Å². The van der Waals surface area contributed by atoms with Gasteiger partial charge in [-0.05, 0) is 49.5 Å². The van der Waals surface area contributed by atoms with Crippen LogP contribution in [0.5, 0.6) is 0 Å². The number of carbonyl (C=O) groups excluding carboxylic acids is 1. The molecule has 3 aliphatic heterocycles. The maximum Gasteiger partial charge on any atom is 0.290 e. The molecule has 4 rings (SSSR count). The van der Waals surface area contributed by atoms with Gasteiger partial charge in [0.15, 0.2) is 0 Å². The number of hydrogen-bond donors (Lipinski definition) is 2. The van der Waals surface area contributed by atoms with Gasteiger partial charge in [-0.1, -0.05) is 43.7 Å². The van der Waals surface area contributed by atoms with Gasteiger partial charge in [-0.15, -0.1) is 0 Å². The first-order valence-corrected chi connectivity index (χ1v) is 11.4. The summed E-state index contributed by atoms with van der Waals surface area (Å²) in [5.41, 5.74) is 1.02. The standard InChI is InChI=1S/C23H34N2O2.CH2O2/c1-2-7-20-18-14-19(21-10-6-11-23(27)25(20)21)16-24(15-18)13-12-22(26)17-8-4-3-5-9-17;2-1-3/h3-5,8-9,18-22,26H,2,6-7,10-16H2,1H3;1H,(H,2,3)/t18-,19+,20-,21-,22+;/m0./s1.